The van der Waals surface area contributed by atoms with Crippen LogP contribution in [0.25, 0.3) is 28.4 Å². The second-order valence-corrected chi connectivity index (χ2v) is 7.17. The first kappa shape index (κ1) is 20.2. The van der Waals surface area contributed by atoms with E-state index in [1.54, 1.807) is 13.0 Å². The van der Waals surface area contributed by atoms with Gasteiger partial charge in [-0.25, -0.2) is 9.78 Å². The molecular formula is C25H22N4O2. The number of allylic oxidation sites excluding steroid dienone is 1. The number of para-hydroxylation sites is 3. The van der Waals surface area contributed by atoms with Gasteiger partial charge in [0.1, 0.15) is 11.9 Å². The molecule has 0 radical (unpaired) electrons. The fourth-order valence-electron chi connectivity index (χ4n) is 3.74. The first-order valence-electron chi connectivity index (χ1n) is 10.1. The normalized spacial score (nSPS) is 11.5. The molecule has 1 N–H and O–H groups in total. The molecule has 0 amide bonds. The number of carbonyl (C=O) groups excluding carboxylic acids is 1. The summed E-state index contributed by atoms with van der Waals surface area (Å²) in [5, 5.41) is 9.78. The smallest absolute Gasteiger partial charge is 0.340 e. The number of hydrogen-bond acceptors (Lipinski definition) is 4. The van der Waals surface area contributed by atoms with Gasteiger partial charge in [-0.2, -0.15) is 5.26 Å². The molecule has 2 aromatic carbocycles. The molecule has 0 aliphatic rings. The molecule has 0 atom stereocenters. The van der Waals surface area contributed by atoms with Crippen molar-refractivity contribution in [1.29, 1.82) is 5.26 Å². The first-order chi connectivity index (χ1) is 15.0. The maximum Gasteiger partial charge on any atom is 0.340 e. The van der Waals surface area contributed by atoms with Crippen molar-refractivity contribution in [3.05, 3.63) is 82.9 Å². The van der Waals surface area contributed by atoms with Crippen molar-refractivity contribution in [2.45, 2.75) is 20.8 Å². The number of esters is 1. The summed E-state index contributed by atoms with van der Waals surface area (Å²) >= 11 is 0. The quantitative estimate of drug-likeness (QED) is 0.361. The maximum atomic E-state index is 12.5. The van der Waals surface area contributed by atoms with Crippen LogP contribution in [0, 0.1) is 25.2 Å². The third kappa shape index (κ3) is 3.74. The van der Waals surface area contributed by atoms with E-state index in [-0.39, 0.29) is 5.97 Å². The van der Waals surface area contributed by atoms with E-state index >= 15 is 0 Å². The molecule has 31 heavy (non-hydrogen) atoms. The van der Waals surface area contributed by atoms with Gasteiger partial charge < -0.3 is 14.3 Å². The molecule has 0 bridgehead atoms. The van der Waals surface area contributed by atoms with E-state index < -0.39 is 0 Å². The number of carbonyl (C=O) groups is 1. The van der Waals surface area contributed by atoms with Gasteiger partial charge in [-0.15, -0.1) is 0 Å². The van der Waals surface area contributed by atoms with Gasteiger partial charge in [-0.1, -0.05) is 24.3 Å². The molecule has 4 rings (SSSR count). The van der Waals surface area contributed by atoms with Gasteiger partial charge in [0.05, 0.1) is 34.5 Å². The van der Waals surface area contributed by atoms with Crippen LogP contribution in [0.3, 0.4) is 0 Å². The molecule has 0 saturated heterocycles. The molecule has 0 fully saturated rings. The van der Waals surface area contributed by atoms with E-state index in [4.69, 9.17) is 4.74 Å². The standard InChI is InChI=1S/C25H22N4O2/c1-4-31-25(30)20-9-5-8-12-23(20)29-16(2)13-18(17(29)3)14-19(15-26)24-27-21-10-6-7-11-22(21)28-24/h5-14H,4H2,1-3H3,(H,27,28). The zero-order valence-electron chi connectivity index (χ0n) is 17.6. The number of aromatic nitrogens is 3. The Morgan fingerprint density at radius 1 is 1.19 bits per heavy atom. The number of fused-ring (bicyclic) bond motifs is 1. The molecule has 0 aliphatic heterocycles. The molecule has 0 saturated carbocycles. The summed E-state index contributed by atoms with van der Waals surface area (Å²) in [7, 11) is 0. The third-order valence-corrected chi connectivity index (χ3v) is 5.18. The van der Waals surface area contributed by atoms with E-state index in [0.29, 0.717) is 23.6 Å². The third-order valence-electron chi connectivity index (χ3n) is 5.18. The molecule has 6 nitrogen and oxygen atoms in total. The first-order valence-corrected chi connectivity index (χ1v) is 10.1. The number of nitriles is 1. The molecule has 154 valence electrons. The lowest BCUT2D eigenvalue weighted by Crippen LogP contribution is -2.11. The molecule has 0 unspecified atom stereocenters. The van der Waals surface area contributed by atoms with E-state index in [0.717, 1.165) is 33.7 Å². The number of rotatable bonds is 5. The van der Waals surface area contributed by atoms with Crippen molar-refractivity contribution in [3.8, 4) is 11.8 Å². The summed E-state index contributed by atoms with van der Waals surface area (Å²) in [6.45, 7) is 6.04. The second kappa shape index (κ2) is 8.33. The van der Waals surface area contributed by atoms with Crippen molar-refractivity contribution in [3.63, 3.8) is 0 Å². The monoisotopic (exact) mass is 410 g/mol. The minimum Gasteiger partial charge on any atom is -0.462 e. The lowest BCUT2D eigenvalue weighted by atomic mass is 10.1. The van der Waals surface area contributed by atoms with Gasteiger partial charge in [0.25, 0.3) is 0 Å². The van der Waals surface area contributed by atoms with E-state index in [1.165, 1.54) is 0 Å². The van der Waals surface area contributed by atoms with Gasteiger partial charge in [0, 0.05) is 11.4 Å². The summed E-state index contributed by atoms with van der Waals surface area (Å²) in [4.78, 5) is 20.2. The van der Waals surface area contributed by atoms with Gasteiger partial charge in [-0.3, -0.25) is 0 Å². The lowest BCUT2D eigenvalue weighted by Gasteiger charge is -2.14. The minimum absolute atomic E-state index is 0.313. The topological polar surface area (TPSA) is 83.7 Å². The Kier molecular flexibility index (Phi) is 5.42. The largest absolute Gasteiger partial charge is 0.462 e. The van der Waals surface area contributed by atoms with Crippen LogP contribution in [0.5, 0.6) is 0 Å². The Balaban J connectivity index is 1.80. The van der Waals surface area contributed by atoms with Gasteiger partial charge in [-0.05, 0) is 62.7 Å². The van der Waals surface area contributed by atoms with Crippen LogP contribution in [-0.2, 0) is 4.74 Å². The average Bonchev–Trinajstić information content (AvgIpc) is 3.32. The second-order valence-electron chi connectivity index (χ2n) is 7.17. The van der Waals surface area contributed by atoms with Crippen LogP contribution in [-0.4, -0.2) is 27.1 Å². The zero-order chi connectivity index (χ0) is 22.0. The summed E-state index contributed by atoms with van der Waals surface area (Å²) in [6.07, 6.45) is 1.82. The van der Waals surface area contributed by atoms with E-state index in [2.05, 4.69) is 16.0 Å². The van der Waals surface area contributed by atoms with Crippen LogP contribution in [0.1, 0.15) is 40.1 Å². The van der Waals surface area contributed by atoms with Gasteiger partial charge >= 0.3 is 5.97 Å². The number of imidazole rings is 1. The highest BCUT2D eigenvalue weighted by atomic mass is 16.5. The molecule has 2 aromatic heterocycles. The Morgan fingerprint density at radius 3 is 2.68 bits per heavy atom. The summed E-state index contributed by atoms with van der Waals surface area (Å²) < 4.78 is 7.23. The van der Waals surface area contributed by atoms with Crippen molar-refractivity contribution in [2.75, 3.05) is 6.61 Å². The number of ether oxygens (including phenoxy) is 1. The number of H-pyrrole nitrogens is 1. The SMILES string of the molecule is CCOC(=O)c1ccccc1-n1c(C)cc(C=C(C#N)c2nc3ccccc3[nH]2)c1C. The molecule has 4 aromatic rings. The Bertz CT molecular complexity index is 1320. The number of benzene rings is 2. The number of aromatic amines is 1. The average molecular weight is 410 g/mol. The molecule has 0 spiro atoms. The molecule has 2 heterocycles. The predicted octanol–water partition coefficient (Wildman–Crippen LogP) is 5.21. The zero-order valence-corrected chi connectivity index (χ0v) is 17.6. The predicted molar refractivity (Wildman–Crippen MR) is 121 cm³/mol. The van der Waals surface area contributed by atoms with Crippen LogP contribution in [0.15, 0.2) is 54.6 Å². The highest BCUT2D eigenvalue weighted by Gasteiger charge is 2.18. The maximum absolute atomic E-state index is 12.5. The summed E-state index contributed by atoms with van der Waals surface area (Å²) in [5.41, 5.74) is 6.13. The number of hydrogen-bond donors (Lipinski definition) is 1. The fourth-order valence-corrected chi connectivity index (χ4v) is 3.74. The Morgan fingerprint density at radius 2 is 1.94 bits per heavy atom. The van der Waals surface area contributed by atoms with Crippen LogP contribution < -0.4 is 0 Å². The number of nitrogens with zero attached hydrogens (tertiary/aromatic N) is 3. The minimum atomic E-state index is -0.359. The molecular weight excluding hydrogens is 388 g/mol. The summed E-state index contributed by atoms with van der Waals surface area (Å²) in [6, 6.07) is 19.3. The molecule has 0 aliphatic carbocycles. The van der Waals surface area contributed by atoms with E-state index in [9.17, 15) is 10.1 Å². The van der Waals surface area contributed by atoms with E-state index in [1.807, 2.05) is 73.0 Å². The van der Waals surface area contributed by atoms with Gasteiger partial charge in [0.2, 0.25) is 0 Å². The van der Waals surface area contributed by atoms with Crippen LogP contribution >= 0.6 is 0 Å². The Hall–Kier alpha value is -4.11. The number of aryl methyl sites for hydroxylation is 1. The van der Waals surface area contributed by atoms with Crippen molar-refractivity contribution in [2.24, 2.45) is 0 Å². The highest BCUT2D eigenvalue weighted by molar-refractivity contribution is 5.94. The lowest BCUT2D eigenvalue weighted by molar-refractivity contribution is 0.0526. The summed E-state index contributed by atoms with van der Waals surface area (Å²) in [5.74, 6) is 0.170. The number of nitrogens with one attached hydrogen (secondary N) is 1. The molecule has 6 heteroatoms. The van der Waals surface area contributed by atoms with Crippen molar-refractivity contribution < 1.29 is 9.53 Å². The highest BCUT2D eigenvalue weighted by Crippen LogP contribution is 2.27. The van der Waals surface area contributed by atoms with Crippen LogP contribution in [0.4, 0.5) is 0 Å². The van der Waals surface area contributed by atoms with Gasteiger partial charge in [0.15, 0.2) is 0 Å². The fraction of sp³-hybridized carbons (Fsp3) is 0.160. The Labute approximate surface area is 180 Å². The van der Waals surface area contributed by atoms with Crippen molar-refractivity contribution in [1.82, 2.24) is 14.5 Å². The van der Waals surface area contributed by atoms with Crippen LogP contribution in [0.2, 0.25) is 0 Å². The van der Waals surface area contributed by atoms with Crippen molar-refractivity contribution >= 4 is 28.7 Å².